The number of aryl methyl sites for hydroxylation is 2. The summed E-state index contributed by atoms with van der Waals surface area (Å²) in [5.41, 5.74) is 2.61. The normalized spacial score (nSPS) is 13.6. The van der Waals surface area contributed by atoms with Gasteiger partial charge in [0.1, 0.15) is 0 Å². The first kappa shape index (κ1) is 19.8. The number of fused-ring (bicyclic) bond motifs is 1. The van der Waals surface area contributed by atoms with E-state index in [9.17, 15) is 14.4 Å². The first-order valence-corrected chi connectivity index (χ1v) is 10.2. The second-order valence-corrected chi connectivity index (χ2v) is 7.59. The Morgan fingerprint density at radius 1 is 1.10 bits per heavy atom. The molecule has 1 N–H and O–H groups in total. The van der Waals surface area contributed by atoms with Gasteiger partial charge in [0.25, 0.3) is 11.5 Å². The maximum Gasteiger partial charge on any atom is 0.261 e. The smallest absolute Gasteiger partial charge is 0.261 e. The van der Waals surface area contributed by atoms with Crippen LogP contribution < -0.4 is 10.9 Å². The van der Waals surface area contributed by atoms with Crippen molar-refractivity contribution in [1.82, 2.24) is 14.5 Å². The van der Waals surface area contributed by atoms with Gasteiger partial charge in [0, 0.05) is 37.3 Å². The molecule has 30 heavy (non-hydrogen) atoms. The largest absolute Gasteiger partial charge is 0.339 e. The molecule has 3 aromatic rings. The predicted octanol–water partition coefficient (Wildman–Crippen LogP) is 2.97. The molecular weight excluding hydrogens is 380 g/mol. The average molecular weight is 404 g/mol. The highest BCUT2D eigenvalue weighted by molar-refractivity contribution is 5.97. The van der Waals surface area contributed by atoms with Crippen molar-refractivity contribution in [3.8, 4) is 0 Å². The number of hydrogen-bond acceptors (Lipinski definition) is 4. The monoisotopic (exact) mass is 404 g/mol. The highest BCUT2D eigenvalue weighted by Crippen LogP contribution is 2.17. The van der Waals surface area contributed by atoms with Gasteiger partial charge in [-0.3, -0.25) is 19.0 Å². The zero-order valence-electron chi connectivity index (χ0n) is 16.9. The van der Waals surface area contributed by atoms with Crippen molar-refractivity contribution in [2.45, 2.75) is 32.7 Å². The van der Waals surface area contributed by atoms with Crippen LogP contribution in [0.25, 0.3) is 10.9 Å². The van der Waals surface area contributed by atoms with Crippen molar-refractivity contribution in [3.05, 3.63) is 70.3 Å². The minimum Gasteiger partial charge on any atom is -0.339 e. The van der Waals surface area contributed by atoms with E-state index in [1.165, 1.54) is 10.9 Å². The Kier molecular flexibility index (Phi) is 5.61. The van der Waals surface area contributed by atoms with Crippen LogP contribution >= 0.6 is 0 Å². The average Bonchev–Trinajstić information content (AvgIpc) is 3.28. The Morgan fingerprint density at radius 2 is 1.87 bits per heavy atom. The second-order valence-electron chi connectivity index (χ2n) is 7.59. The van der Waals surface area contributed by atoms with E-state index in [-0.39, 0.29) is 30.3 Å². The number of likely N-dealkylation sites (tertiary alicyclic amines) is 1. The van der Waals surface area contributed by atoms with Crippen LogP contribution in [-0.2, 0) is 11.3 Å². The van der Waals surface area contributed by atoms with Crippen LogP contribution in [0, 0.1) is 6.92 Å². The highest BCUT2D eigenvalue weighted by atomic mass is 16.2. The Balaban J connectivity index is 1.41. The van der Waals surface area contributed by atoms with Crippen molar-refractivity contribution >= 4 is 28.4 Å². The number of carbonyl (C=O) groups is 2. The van der Waals surface area contributed by atoms with Crippen molar-refractivity contribution in [2.75, 3.05) is 18.4 Å². The molecule has 1 saturated heterocycles. The third-order valence-corrected chi connectivity index (χ3v) is 5.42. The maximum absolute atomic E-state index is 12.6. The zero-order valence-corrected chi connectivity index (χ0v) is 16.9. The van der Waals surface area contributed by atoms with E-state index in [4.69, 9.17) is 0 Å². The summed E-state index contributed by atoms with van der Waals surface area (Å²) >= 11 is 0. The van der Waals surface area contributed by atoms with Crippen LogP contribution in [0.15, 0.2) is 53.6 Å². The summed E-state index contributed by atoms with van der Waals surface area (Å²) in [6.45, 7) is 3.70. The summed E-state index contributed by atoms with van der Waals surface area (Å²) in [6, 6.07) is 12.5. The van der Waals surface area contributed by atoms with Crippen molar-refractivity contribution in [1.29, 1.82) is 0 Å². The Hall–Kier alpha value is -3.48. The van der Waals surface area contributed by atoms with Crippen molar-refractivity contribution in [3.63, 3.8) is 0 Å². The predicted molar refractivity (Wildman–Crippen MR) is 116 cm³/mol. The molecule has 2 aromatic carbocycles. The van der Waals surface area contributed by atoms with Gasteiger partial charge in [-0.25, -0.2) is 4.98 Å². The number of aromatic nitrogens is 2. The topological polar surface area (TPSA) is 84.3 Å². The molecule has 0 unspecified atom stereocenters. The van der Waals surface area contributed by atoms with E-state index in [1.54, 1.807) is 30.3 Å². The van der Waals surface area contributed by atoms with E-state index >= 15 is 0 Å². The number of benzene rings is 2. The van der Waals surface area contributed by atoms with Gasteiger partial charge in [-0.2, -0.15) is 0 Å². The standard InChI is InChI=1S/C23H24N4O3/c1-16-6-4-9-19-21(16)24-15-27(23(19)30)13-10-20(28)25-18-8-5-7-17(14-18)22(29)26-11-2-3-12-26/h4-9,14-15H,2-3,10-13H2,1H3,(H,25,28). The molecule has 1 aromatic heterocycles. The van der Waals surface area contributed by atoms with Crippen LogP contribution in [0.2, 0.25) is 0 Å². The number of amides is 2. The fourth-order valence-electron chi connectivity index (χ4n) is 3.78. The van der Waals surface area contributed by atoms with E-state index in [0.717, 1.165) is 31.5 Å². The quantitative estimate of drug-likeness (QED) is 0.709. The van der Waals surface area contributed by atoms with E-state index < -0.39 is 0 Å². The van der Waals surface area contributed by atoms with Gasteiger partial charge in [-0.1, -0.05) is 18.2 Å². The minimum absolute atomic E-state index is 0.00678. The van der Waals surface area contributed by atoms with Gasteiger partial charge in [0.2, 0.25) is 5.91 Å². The van der Waals surface area contributed by atoms with Crippen LogP contribution in [0.5, 0.6) is 0 Å². The molecule has 154 valence electrons. The molecule has 0 saturated carbocycles. The molecule has 1 aliphatic heterocycles. The maximum atomic E-state index is 12.6. The van der Waals surface area contributed by atoms with Crippen LogP contribution in [0.1, 0.15) is 35.2 Å². The van der Waals surface area contributed by atoms with Crippen LogP contribution in [0.4, 0.5) is 5.69 Å². The van der Waals surface area contributed by atoms with Gasteiger partial charge in [-0.15, -0.1) is 0 Å². The summed E-state index contributed by atoms with van der Waals surface area (Å²) in [6.07, 6.45) is 3.68. The minimum atomic E-state index is -0.225. The number of para-hydroxylation sites is 1. The molecule has 0 spiro atoms. The summed E-state index contributed by atoms with van der Waals surface area (Å²) in [5.74, 6) is -0.232. The van der Waals surface area contributed by atoms with Crippen molar-refractivity contribution in [2.24, 2.45) is 0 Å². The second kappa shape index (κ2) is 8.49. The molecule has 1 aliphatic rings. The molecule has 1 fully saturated rings. The number of anilines is 1. The first-order valence-electron chi connectivity index (χ1n) is 10.2. The fourth-order valence-corrected chi connectivity index (χ4v) is 3.78. The SMILES string of the molecule is Cc1cccc2c(=O)n(CCC(=O)Nc3cccc(C(=O)N4CCCC4)c3)cnc12. The first-order chi connectivity index (χ1) is 14.5. The summed E-state index contributed by atoms with van der Waals surface area (Å²) in [7, 11) is 0. The van der Waals surface area contributed by atoms with Gasteiger partial charge < -0.3 is 10.2 Å². The van der Waals surface area contributed by atoms with Crippen LogP contribution in [-0.4, -0.2) is 39.4 Å². The van der Waals surface area contributed by atoms with Gasteiger partial charge >= 0.3 is 0 Å². The third-order valence-electron chi connectivity index (χ3n) is 5.42. The lowest BCUT2D eigenvalue weighted by molar-refractivity contribution is -0.116. The molecule has 0 radical (unpaired) electrons. The Bertz CT molecular complexity index is 1160. The van der Waals surface area contributed by atoms with Crippen LogP contribution in [0.3, 0.4) is 0 Å². The van der Waals surface area contributed by atoms with Gasteiger partial charge in [-0.05, 0) is 49.6 Å². The van der Waals surface area contributed by atoms with Crippen molar-refractivity contribution < 1.29 is 9.59 Å². The molecule has 0 aliphatic carbocycles. The lowest BCUT2D eigenvalue weighted by atomic mass is 10.1. The fraction of sp³-hybridized carbons (Fsp3) is 0.304. The number of hydrogen-bond donors (Lipinski definition) is 1. The molecular formula is C23H24N4O3. The number of carbonyl (C=O) groups excluding carboxylic acids is 2. The van der Waals surface area contributed by atoms with E-state index in [2.05, 4.69) is 10.3 Å². The third kappa shape index (κ3) is 4.10. The molecule has 2 amide bonds. The summed E-state index contributed by atoms with van der Waals surface area (Å²) in [5, 5.41) is 3.37. The summed E-state index contributed by atoms with van der Waals surface area (Å²) < 4.78 is 1.45. The number of nitrogens with zero attached hydrogens (tertiary/aromatic N) is 3. The molecule has 2 heterocycles. The lowest BCUT2D eigenvalue weighted by Crippen LogP contribution is -2.27. The number of rotatable bonds is 5. The summed E-state index contributed by atoms with van der Waals surface area (Å²) in [4.78, 5) is 43.8. The Morgan fingerprint density at radius 3 is 2.67 bits per heavy atom. The molecule has 0 bridgehead atoms. The zero-order chi connectivity index (χ0) is 21.1. The molecule has 7 heteroatoms. The highest BCUT2D eigenvalue weighted by Gasteiger charge is 2.19. The lowest BCUT2D eigenvalue weighted by Gasteiger charge is -2.16. The molecule has 7 nitrogen and oxygen atoms in total. The van der Waals surface area contributed by atoms with E-state index in [0.29, 0.717) is 22.2 Å². The molecule has 0 atom stereocenters. The van der Waals surface area contributed by atoms with Gasteiger partial charge in [0.15, 0.2) is 0 Å². The number of nitrogens with one attached hydrogen (secondary N) is 1. The van der Waals surface area contributed by atoms with Gasteiger partial charge in [0.05, 0.1) is 17.2 Å². The van der Waals surface area contributed by atoms with E-state index in [1.807, 2.05) is 24.0 Å². The molecule has 4 rings (SSSR count). The Labute approximate surface area is 174 Å².